The Morgan fingerprint density at radius 1 is 1.00 bits per heavy atom. The number of hydrogen-bond acceptors (Lipinski definition) is 1. The lowest BCUT2D eigenvalue weighted by Crippen LogP contribution is -2.07. The van der Waals surface area contributed by atoms with Crippen LogP contribution in [-0.2, 0) is 0 Å². The van der Waals surface area contributed by atoms with Gasteiger partial charge in [-0.3, -0.25) is 4.79 Å². The number of carbonyl (C=O) groups is 1. The molecule has 0 N–H and O–H groups in total. The van der Waals surface area contributed by atoms with Gasteiger partial charge in [0, 0.05) is 4.47 Å². The maximum Gasteiger partial charge on any atom is 0.198 e. The van der Waals surface area contributed by atoms with Crippen molar-refractivity contribution in [1.29, 1.82) is 0 Å². The zero-order valence-corrected chi connectivity index (χ0v) is 12.1. The van der Waals surface area contributed by atoms with Crippen molar-refractivity contribution in [3.8, 4) is 0 Å². The molecule has 18 heavy (non-hydrogen) atoms. The van der Waals surface area contributed by atoms with Crippen LogP contribution in [0.4, 0.5) is 8.78 Å². The fourth-order valence-electron chi connectivity index (χ4n) is 1.50. The number of benzene rings is 2. The number of ketones is 1. The van der Waals surface area contributed by atoms with Gasteiger partial charge >= 0.3 is 0 Å². The van der Waals surface area contributed by atoms with Gasteiger partial charge in [0.25, 0.3) is 0 Å². The van der Waals surface area contributed by atoms with Crippen LogP contribution in [0.25, 0.3) is 0 Å². The predicted molar refractivity (Wildman–Crippen MR) is 71.6 cm³/mol. The molecule has 0 saturated carbocycles. The van der Waals surface area contributed by atoms with Crippen molar-refractivity contribution < 1.29 is 13.6 Å². The normalized spacial score (nSPS) is 10.4. The maximum atomic E-state index is 13.8. The Kier molecular flexibility index (Phi) is 3.92. The molecule has 0 atom stereocenters. The van der Waals surface area contributed by atoms with Gasteiger partial charge in [-0.25, -0.2) is 8.78 Å². The maximum absolute atomic E-state index is 13.8. The molecule has 0 heterocycles. The molecule has 0 unspecified atom stereocenters. The van der Waals surface area contributed by atoms with Crippen molar-refractivity contribution in [2.75, 3.05) is 0 Å². The molecule has 1 nitrogen and oxygen atoms in total. The summed E-state index contributed by atoms with van der Waals surface area (Å²) in [6, 6.07) is 8.29. The quantitative estimate of drug-likeness (QED) is 0.694. The van der Waals surface area contributed by atoms with Gasteiger partial charge in [-0.2, -0.15) is 0 Å². The number of carbonyl (C=O) groups excluding carboxylic acids is 1. The van der Waals surface area contributed by atoms with Gasteiger partial charge < -0.3 is 0 Å². The third-order valence-electron chi connectivity index (χ3n) is 2.37. The first-order chi connectivity index (χ1) is 8.50. The van der Waals surface area contributed by atoms with Crippen molar-refractivity contribution in [2.24, 2.45) is 0 Å². The minimum Gasteiger partial charge on any atom is -0.288 e. The molecule has 2 aromatic carbocycles. The Hall–Kier alpha value is -1.07. The third kappa shape index (κ3) is 2.52. The first-order valence-electron chi connectivity index (χ1n) is 4.94. The molecular weight excluding hydrogens is 370 g/mol. The monoisotopic (exact) mass is 374 g/mol. The summed E-state index contributed by atoms with van der Waals surface area (Å²) in [7, 11) is 0. The Morgan fingerprint density at radius 3 is 2.44 bits per heavy atom. The molecule has 0 aromatic heterocycles. The lowest BCUT2D eigenvalue weighted by atomic mass is 10.0. The van der Waals surface area contributed by atoms with Gasteiger partial charge in [0.15, 0.2) is 5.78 Å². The minimum absolute atomic E-state index is 0.165. The van der Waals surface area contributed by atoms with Gasteiger partial charge in [-0.1, -0.05) is 22.0 Å². The summed E-state index contributed by atoms with van der Waals surface area (Å²) < 4.78 is 28.1. The van der Waals surface area contributed by atoms with Crippen LogP contribution in [0.15, 0.2) is 45.3 Å². The van der Waals surface area contributed by atoms with Crippen LogP contribution >= 0.6 is 31.9 Å². The molecule has 2 rings (SSSR count). The SMILES string of the molecule is O=C(c1cc(Br)ccc1F)c1cccc(Br)c1F. The summed E-state index contributed by atoms with van der Waals surface area (Å²) in [5.74, 6) is -2.06. The highest BCUT2D eigenvalue weighted by Crippen LogP contribution is 2.23. The Labute approximate surface area is 119 Å². The third-order valence-corrected chi connectivity index (χ3v) is 3.47. The summed E-state index contributed by atoms with van der Waals surface area (Å²) in [4.78, 5) is 12.1. The predicted octanol–water partition coefficient (Wildman–Crippen LogP) is 4.72. The Morgan fingerprint density at radius 2 is 1.72 bits per heavy atom. The first-order valence-corrected chi connectivity index (χ1v) is 6.53. The highest BCUT2D eigenvalue weighted by Gasteiger charge is 2.19. The average Bonchev–Trinajstić information content (AvgIpc) is 2.35. The number of rotatable bonds is 2. The van der Waals surface area contributed by atoms with Gasteiger partial charge in [0.1, 0.15) is 11.6 Å². The second-order valence-corrected chi connectivity index (χ2v) is 5.32. The van der Waals surface area contributed by atoms with Crippen molar-refractivity contribution in [2.45, 2.75) is 0 Å². The van der Waals surface area contributed by atoms with Gasteiger partial charge in [-0.05, 0) is 46.3 Å². The fourth-order valence-corrected chi connectivity index (χ4v) is 2.22. The molecule has 0 amide bonds. The second-order valence-electron chi connectivity index (χ2n) is 3.55. The van der Waals surface area contributed by atoms with Crippen LogP contribution in [0.2, 0.25) is 0 Å². The summed E-state index contributed by atoms with van der Waals surface area (Å²) in [5, 5.41) is 0. The van der Waals surface area contributed by atoms with Crippen LogP contribution in [0.1, 0.15) is 15.9 Å². The minimum atomic E-state index is -0.693. The highest BCUT2D eigenvalue weighted by atomic mass is 79.9. The zero-order valence-electron chi connectivity index (χ0n) is 8.88. The van der Waals surface area contributed by atoms with Crippen molar-refractivity contribution in [3.63, 3.8) is 0 Å². The van der Waals surface area contributed by atoms with Crippen molar-refractivity contribution in [3.05, 3.63) is 68.1 Å². The van der Waals surface area contributed by atoms with Crippen molar-refractivity contribution >= 4 is 37.6 Å². The Balaban J connectivity index is 2.55. The molecule has 2 aromatic rings. The van der Waals surface area contributed by atoms with Gasteiger partial charge in [-0.15, -0.1) is 0 Å². The molecule has 0 aliphatic carbocycles. The van der Waals surface area contributed by atoms with Crippen molar-refractivity contribution in [1.82, 2.24) is 0 Å². The van der Waals surface area contributed by atoms with E-state index in [-0.39, 0.29) is 15.6 Å². The molecule has 0 aliphatic rings. The molecule has 5 heteroatoms. The molecule has 0 saturated heterocycles. The molecule has 92 valence electrons. The first kappa shape index (κ1) is 13.4. The van der Waals surface area contributed by atoms with Crippen LogP contribution in [0.5, 0.6) is 0 Å². The fraction of sp³-hybridized carbons (Fsp3) is 0. The molecule has 0 aliphatic heterocycles. The van der Waals surface area contributed by atoms with E-state index in [2.05, 4.69) is 31.9 Å². The largest absolute Gasteiger partial charge is 0.288 e. The van der Waals surface area contributed by atoms with E-state index in [9.17, 15) is 13.6 Å². The van der Waals surface area contributed by atoms with Gasteiger partial charge in [0.2, 0.25) is 0 Å². The lowest BCUT2D eigenvalue weighted by Gasteiger charge is -2.05. The van der Waals surface area contributed by atoms with Crippen LogP contribution in [0.3, 0.4) is 0 Å². The van der Waals surface area contributed by atoms with E-state index in [0.717, 1.165) is 6.07 Å². The molecular formula is C13H6Br2F2O. The van der Waals surface area contributed by atoms with E-state index in [1.165, 1.54) is 30.3 Å². The van der Waals surface area contributed by atoms with E-state index in [4.69, 9.17) is 0 Å². The standard InChI is InChI=1S/C13H6Br2F2O/c14-7-4-5-11(16)9(6-7)13(18)8-2-1-3-10(15)12(8)17/h1-6H. The number of halogens is 4. The average molecular weight is 376 g/mol. The molecule has 0 spiro atoms. The summed E-state index contributed by atoms with van der Waals surface area (Å²) in [5.41, 5.74) is -0.331. The van der Waals surface area contributed by atoms with E-state index >= 15 is 0 Å². The van der Waals surface area contributed by atoms with Crippen LogP contribution in [0, 0.1) is 11.6 Å². The molecule has 0 radical (unpaired) electrons. The van der Waals surface area contributed by atoms with Crippen LogP contribution < -0.4 is 0 Å². The van der Waals surface area contributed by atoms with E-state index in [1.807, 2.05) is 0 Å². The van der Waals surface area contributed by atoms with Gasteiger partial charge in [0.05, 0.1) is 15.6 Å². The highest BCUT2D eigenvalue weighted by molar-refractivity contribution is 9.10. The number of hydrogen-bond donors (Lipinski definition) is 0. The van der Waals surface area contributed by atoms with E-state index < -0.39 is 17.4 Å². The second kappa shape index (κ2) is 5.28. The topological polar surface area (TPSA) is 17.1 Å². The summed E-state index contributed by atoms with van der Waals surface area (Å²) in [6.45, 7) is 0. The molecule has 0 fully saturated rings. The zero-order chi connectivity index (χ0) is 13.3. The summed E-state index contributed by atoms with van der Waals surface area (Å²) >= 11 is 6.14. The smallest absolute Gasteiger partial charge is 0.198 e. The lowest BCUT2D eigenvalue weighted by molar-refractivity contribution is 0.103. The summed E-state index contributed by atoms with van der Waals surface area (Å²) in [6.07, 6.45) is 0. The van der Waals surface area contributed by atoms with E-state index in [0.29, 0.717) is 4.47 Å². The van der Waals surface area contributed by atoms with Crippen LogP contribution in [-0.4, -0.2) is 5.78 Å². The Bertz CT molecular complexity index is 622. The molecule has 0 bridgehead atoms. The van der Waals surface area contributed by atoms with E-state index in [1.54, 1.807) is 0 Å².